The number of hydrogen-bond acceptors (Lipinski definition) is 2. The van der Waals surface area contributed by atoms with Crippen LogP contribution in [0.4, 0.5) is 15.8 Å². The van der Waals surface area contributed by atoms with Crippen LogP contribution in [-0.2, 0) is 0 Å². The third kappa shape index (κ3) is 1.32. The number of quaternary nitrogens is 1. The lowest BCUT2D eigenvalue weighted by Crippen LogP contribution is -2.41. The fourth-order valence-corrected chi connectivity index (χ4v) is 0.707. The quantitative estimate of drug-likeness (QED) is 0.479. The maximum Gasteiger partial charge on any atom is 0.311 e. The first-order valence-electron chi connectivity index (χ1n) is 2.88. The fraction of sp³-hybridized carbons (Fsp3) is 0. The molecule has 0 heterocycles. The van der Waals surface area contributed by atoms with Gasteiger partial charge in [0.05, 0.1) is 4.92 Å². The zero-order valence-corrected chi connectivity index (χ0v) is 5.58. The van der Waals surface area contributed by atoms with Crippen LogP contribution < -0.4 is 5.73 Å². The molecule has 1 aromatic carbocycles. The van der Waals surface area contributed by atoms with Gasteiger partial charge in [0, 0.05) is 12.1 Å². The van der Waals surface area contributed by atoms with E-state index in [0.717, 1.165) is 6.07 Å². The number of hydrogen-bond donors (Lipinski definition) is 1. The average Bonchev–Trinajstić information content (AvgIpc) is 1.94. The maximum absolute atomic E-state index is 12.7. The van der Waals surface area contributed by atoms with Gasteiger partial charge in [-0.15, -0.1) is 0 Å². The Balaban J connectivity index is 3.27. The van der Waals surface area contributed by atoms with Crippen molar-refractivity contribution in [2.24, 2.45) is 0 Å². The maximum atomic E-state index is 12.7. The monoisotopic (exact) mass is 157 g/mol. The van der Waals surface area contributed by atoms with Crippen molar-refractivity contribution in [3.8, 4) is 0 Å². The summed E-state index contributed by atoms with van der Waals surface area (Å²) in [5.41, 5.74) is 2.79. The van der Waals surface area contributed by atoms with Crippen molar-refractivity contribution in [1.82, 2.24) is 0 Å². The molecular formula is C6H6FN2O2+. The molecule has 1 rings (SSSR count). The van der Waals surface area contributed by atoms with Crippen molar-refractivity contribution in [2.45, 2.75) is 0 Å². The number of halogens is 1. The van der Waals surface area contributed by atoms with Crippen molar-refractivity contribution in [3.05, 3.63) is 34.1 Å². The highest BCUT2D eigenvalue weighted by Gasteiger charge is 2.16. The van der Waals surface area contributed by atoms with E-state index >= 15 is 0 Å². The van der Waals surface area contributed by atoms with Gasteiger partial charge in [-0.05, 0) is 6.07 Å². The minimum Gasteiger partial charge on any atom is -0.322 e. The van der Waals surface area contributed by atoms with Gasteiger partial charge in [-0.2, -0.15) is 4.39 Å². The normalized spacial score (nSPS) is 9.64. The van der Waals surface area contributed by atoms with Gasteiger partial charge in [0.1, 0.15) is 0 Å². The van der Waals surface area contributed by atoms with Gasteiger partial charge in [0.15, 0.2) is 5.69 Å². The number of nitro groups is 1. The van der Waals surface area contributed by atoms with Crippen molar-refractivity contribution < 1.29 is 15.0 Å². The highest BCUT2D eigenvalue weighted by Crippen LogP contribution is 2.19. The van der Waals surface area contributed by atoms with E-state index in [-0.39, 0.29) is 5.69 Å². The van der Waals surface area contributed by atoms with Crippen LogP contribution in [0.5, 0.6) is 0 Å². The van der Waals surface area contributed by atoms with E-state index in [0.29, 0.717) is 0 Å². The summed E-state index contributed by atoms with van der Waals surface area (Å²) in [4.78, 5) is 9.34. The largest absolute Gasteiger partial charge is 0.322 e. The lowest BCUT2D eigenvalue weighted by molar-refractivity contribution is -0.388. The molecule has 3 N–H and O–H groups in total. The summed E-state index contributed by atoms with van der Waals surface area (Å²) in [6.45, 7) is 0. The molecule has 0 bridgehead atoms. The van der Waals surface area contributed by atoms with Gasteiger partial charge < -0.3 is 5.73 Å². The minimum atomic E-state index is -0.863. The number of nitro benzene ring substituents is 1. The van der Waals surface area contributed by atoms with Gasteiger partial charge in [0.2, 0.25) is 0 Å². The summed E-state index contributed by atoms with van der Waals surface area (Å²) in [6, 6.07) is 3.87. The van der Waals surface area contributed by atoms with Gasteiger partial charge in [-0.3, -0.25) is 10.1 Å². The van der Waals surface area contributed by atoms with Crippen LogP contribution in [-0.4, -0.2) is 4.92 Å². The minimum absolute atomic E-state index is 0.0409. The Hall–Kier alpha value is -1.49. The van der Waals surface area contributed by atoms with E-state index in [2.05, 4.69) is 5.73 Å². The summed E-state index contributed by atoms with van der Waals surface area (Å²) < 4.78 is 12.7. The van der Waals surface area contributed by atoms with Crippen LogP contribution in [0.1, 0.15) is 0 Å². The molecule has 0 aromatic heterocycles. The molecule has 0 radical (unpaired) electrons. The molecule has 0 atom stereocenters. The highest BCUT2D eigenvalue weighted by atomic mass is 19.1. The van der Waals surface area contributed by atoms with E-state index in [1.54, 1.807) is 0 Å². The summed E-state index contributed by atoms with van der Waals surface area (Å²) in [5, 5.41) is 10.1. The predicted octanol–water partition coefficient (Wildman–Crippen LogP) is 0.607. The molecule has 0 saturated heterocycles. The van der Waals surface area contributed by atoms with E-state index in [1.165, 1.54) is 12.1 Å². The summed E-state index contributed by atoms with van der Waals surface area (Å²) >= 11 is 0. The van der Waals surface area contributed by atoms with Crippen LogP contribution in [0.2, 0.25) is 0 Å². The Labute approximate surface area is 61.6 Å². The second kappa shape index (κ2) is 2.63. The molecule has 0 aliphatic rings. The zero-order valence-electron chi connectivity index (χ0n) is 5.58. The van der Waals surface area contributed by atoms with Gasteiger partial charge in [-0.25, -0.2) is 0 Å². The second-order valence-electron chi connectivity index (χ2n) is 2.01. The first-order valence-corrected chi connectivity index (χ1v) is 2.88. The Kier molecular flexibility index (Phi) is 1.82. The van der Waals surface area contributed by atoms with E-state index in [9.17, 15) is 14.5 Å². The van der Waals surface area contributed by atoms with Gasteiger partial charge in [0.25, 0.3) is 5.82 Å². The van der Waals surface area contributed by atoms with Crippen LogP contribution >= 0.6 is 0 Å². The molecule has 0 saturated carbocycles. The third-order valence-corrected chi connectivity index (χ3v) is 1.26. The van der Waals surface area contributed by atoms with Crippen molar-refractivity contribution >= 4 is 11.4 Å². The topological polar surface area (TPSA) is 70.8 Å². The molecule has 0 aliphatic heterocycles. The fourth-order valence-electron chi connectivity index (χ4n) is 0.707. The number of rotatable bonds is 1. The molecule has 0 unspecified atom stereocenters. The average molecular weight is 157 g/mol. The van der Waals surface area contributed by atoms with Crippen LogP contribution in [0.3, 0.4) is 0 Å². The molecular weight excluding hydrogens is 151 g/mol. The predicted molar refractivity (Wildman–Crippen MR) is 35.6 cm³/mol. The number of benzene rings is 1. The van der Waals surface area contributed by atoms with E-state index in [1.807, 2.05) is 0 Å². The van der Waals surface area contributed by atoms with Crippen LogP contribution in [0.15, 0.2) is 18.2 Å². The molecule has 0 fully saturated rings. The summed E-state index contributed by atoms with van der Waals surface area (Å²) in [5.74, 6) is -0.863. The SMILES string of the molecule is [NH3+]c1cccc([N+](=O)[O-])c1F. The van der Waals surface area contributed by atoms with Gasteiger partial charge >= 0.3 is 5.69 Å². The number of nitrogens with zero attached hydrogens (tertiary/aromatic N) is 1. The first kappa shape index (κ1) is 7.62. The molecule has 1 aromatic rings. The lowest BCUT2D eigenvalue weighted by Gasteiger charge is -1.92. The van der Waals surface area contributed by atoms with Crippen LogP contribution in [0, 0.1) is 15.9 Å². The Morgan fingerprint density at radius 3 is 2.64 bits per heavy atom. The highest BCUT2D eigenvalue weighted by molar-refractivity contribution is 5.43. The smallest absolute Gasteiger partial charge is 0.311 e. The Morgan fingerprint density at radius 1 is 1.55 bits per heavy atom. The molecule has 0 amide bonds. The summed E-state index contributed by atoms with van der Waals surface area (Å²) in [6.07, 6.45) is 0. The molecule has 0 aliphatic carbocycles. The second-order valence-corrected chi connectivity index (χ2v) is 2.01. The van der Waals surface area contributed by atoms with Crippen molar-refractivity contribution in [1.29, 1.82) is 0 Å². The van der Waals surface area contributed by atoms with E-state index < -0.39 is 16.4 Å². The van der Waals surface area contributed by atoms with E-state index in [4.69, 9.17) is 0 Å². The zero-order chi connectivity index (χ0) is 8.43. The lowest BCUT2D eigenvalue weighted by atomic mass is 10.3. The first-order chi connectivity index (χ1) is 5.13. The molecule has 58 valence electrons. The molecule has 11 heavy (non-hydrogen) atoms. The molecule has 0 spiro atoms. The van der Waals surface area contributed by atoms with Crippen molar-refractivity contribution in [2.75, 3.05) is 0 Å². The van der Waals surface area contributed by atoms with Gasteiger partial charge in [-0.1, -0.05) is 0 Å². The standard InChI is InChI=1S/C6H5FN2O2/c7-6-4(8)2-1-3-5(6)9(10)11/h1-3H,8H2/p+1. The third-order valence-electron chi connectivity index (χ3n) is 1.26. The summed E-state index contributed by atoms with van der Waals surface area (Å²) in [7, 11) is 0. The van der Waals surface area contributed by atoms with Crippen LogP contribution in [0.25, 0.3) is 0 Å². The van der Waals surface area contributed by atoms with Crippen molar-refractivity contribution in [3.63, 3.8) is 0 Å². The Bertz CT molecular complexity index is 301. The molecule has 4 nitrogen and oxygen atoms in total. The molecule has 5 heteroatoms. The Morgan fingerprint density at radius 2 is 2.18 bits per heavy atom.